The highest BCUT2D eigenvalue weighted by Crippen LogP contribution is 2.20. The Morgan fingerprint density at radius 3 is 2.60 bits per heavy atom. The molecule has 3 rings (SSSR count). The third kappa shape index (κ3) is 5.34. The van der Waals surface area contributed by atoms with Crippen LogP contribution in [0.3, 0.4) is 0 Å². The van der Waals surface area contributed by atoms with Gasteiger partial charge in [-0.2, -0.15) is 5.10 Å². The van der Waals surface area contributed by atoms with Gasteiger partial charge in [-0.05, 0) is 29.7 Å². The molecule has 0 saturated heterocycles. The molecule has 0 saturated carbocycles. The molecule has 7 heteroatoms. The first-order chi connectivity index (χ1) is 12.2. The van der Waals surface area contributed by atoms with Crippen molar-refractivity contribution in [3.05, 3.63) is 77.1 Å². The molecule has 0 unspecified atom stereocenters. The minimum Gasteiger partial charge on any atom is -0.348 e. The van der Waals surface area contributed by atoms with Gasteiger partial charge in [0.05, 0.1) is 11.8 Å². The van der Waals surface area contributed by atoms with Gasteiger partial charge in [-0.1, -0.05) is 65.8 Å². The van der Waals surface area contributed by atoms with Crippen LogP contribution < -0.4 is 5.32 Å². The number of thioether (sulfide) groups is 1. The van der Waals surface area contributed by atoms with Crippen LogP contribution in [0.5, 0.6) is 0 Å². The second-order valence-electron chi connectivity index (χ2n) is 5.44. The molecule has 25 heavy (non-hydrogen) atoms. The number of hydrogen-bond donors (Lipinski definition) is 2. The van der Waals surface area contributed by atoms with Gasteiger partial charge in [0, 0.05) is 5.02 Å². The molecule has 0 aliphatic rings. The van der Waals surface area contributed by atoms with E-state index in [1.54, 1.807) is 0 Å². The van der Waals surface area contributed by atoms with Crippen LogP contribution in [-0.4, -0.2) is 26.8 Å². The molecule has 3 aromatic rings. The van der Waals surface area contributed by atoms with Gasteiger partial charge in [-0.25, -0.2) is 4.98 Å². The van der Waals surface area contributed by atoms with Gasteiger partial charge in [-0.3, -0.25) is 9.89 Å². The highest BCUT2D eigenvalue weighted by atomic mass is 35.5. The van der Waals surface area contributed by atoms with Crippen molar-refractivity contribution in [1.82, 2.24) is 20.5 Å². The first-order valence-electron chi connectivity index (χ1n) is 7.77. The van der Waals surface area contributed by atoms with Gasteiger partial charge in [0.2, 0.25) is 5.91 Å². The first-order valence-corrected chi connectivity index (χ1v) is 9.14. The van der Waals surface area contributed by atoms with E-state index in [2.05, 4.69) is 20.5 Å². The van der Waals surface area contributed by atoms with E-state index in [4.69, 9.17) is 11.6 Å². The van der Waals surface area contributed by atoms with Crippen LogP contribution >= 0.6 is 23.4 Å². The smallest absolute Gasteiger partial charge is 0.230 e. The molecule has 128 valence electrons. The number of nitrogens with one attached hydrogen (secondary N) is 2. The molecule has 2 aromatic carbocycles. The summed E-state index contributed by atoms with van der Waals surface area (Å²) in [4.78, 5) is 16.4. The molecule has 0 bridgehead atoms. The molecule has 0 fully saturated rings. The summed E-state index contributed by atoms with van der Waals surface area (Å²) < 4.78 is 0. The molecule has 0 spiro atoms. The lowest BCUT2D eigenvalue weighted by molar-refractivity contribution is -0.119. The maximum atomic E-state index is 12.4. The van der Waals surface area contributed by atoms with Crippen molar-refractivity contribution in [2.45, 2.75) is 17.6 Å². The van der Waals surface area contributed by atoms with Gasteiger partial charge in [0.15, 0.2) is 5.16 Å². The van der Waals surface area contributed by atoms with Gasteiger partial charge < -0.3 is 5.32 Å². The average molecular weight is 373 g/mol. The maximum absolute atomic E-state index is 12.4. The Morgan fingerprint density at radius 1 is 1.16 bits per heavy atom. The Kier molecular flexibility index (Phi) is 6.09. The maximum Gasteiger partial charge on any atom is 0.230 e. The predicted octanol–water partition coefficient (Wildman–Crippen LogP) is 3.65. The standard InChI is InChI=1S/C18H17ClN4OS/c19-15-8-6-13(7-9-15)10-16(14-4-2-1-3-5-14)22-17(24)11-25-18-20-12-21-23-18/h1-9,12,16H,10-11H2,(H,22,24)(H,20,21,23)/t16-/m1/s1. The number of carbonyl (C=O) groups is 1. The van der Waals surface area contributed by atoms with Crippen LogP contribution in [0.2, 0.25) is 5.02 Å². The van der Waals surface area contributed by atoms with Crippen LogP contribution in [-0.2, 0) is 11.2 Å². The number of hydrogen-bond acceptors (Lipinski definition) is 4. The zero-order valence-electron chi connectivity index (χ0n) is 13.4. The summed E-state index contributed by atoms with van der Waals surface area (Å²) in [5.41, 5.74) is 2.18. The molecule has 5 nitrogen and oxygen atoms in total. The summed E-state index contributed by atoms with van der Waals surface area (Å²) >= 11 is 7.28. The second-order valence-corrected chi connectivity index (χ2v) is 6.84. The third-order valence-corrected chi connectivity index (χ3v) is 4.75. The summed E-state index contributed by atoms with van der Waals surface area (Å²) in [5, 5.41) is 10.9. The summed E-state index contributed by atoms with van der Waals surface area (Å²) in [6, 6.07) is 17.5. The fraction of sp³-hybridized carbons (Fsp3) is 0.167. The van der Waals surface area contributed by atoms with E-state index in [9.17, 15) is 4.79 Å². The number of halogens is 1. The molecular formula is C18H17ClN4OS. The fourth-order valence-electron chi connectivity index (χ4n) is 2.43. The number of aromatic nitrogens is 3. The molecular weight excluding hydrogens is 356 g/mol. The number of amides is 1. The monoisotopic (exact) mass is 372 g/mol. The van der Waals surface area contributed by atoms with E-state index >= 15 is 0 Å². The number of benzene rings is 2. The molecule has 1 amide bonds. The Labute approximate surface area is 155 Å². The highest BCUT2D eigenvalue weighted by molar-refractivity contribution is 7.99. The Hall–Kier alpha value is -2.31. The lowest BCUT2D eigenvalue weighted by Crippen LogP contribution is -2.31. The van der Waals surface area contributed by atoms with Crippen molar-refractivity contribution in [1.29, 1.82) is 0 Å². The second kappa shape index (κ2) is 8.69. The van der Waals surface area contributed by atoms with E-state index < -0.39 is 0 Å². The van der Waals surface area contributed by atoms with Crippen molar-refractivity contribution in [3.63, 3.8) is 0 Å². The summed E-state index contributed by atoms with van der Waals surface area (Å²) in [6.07, 6.45) is 2.12. The largest absolute Gasteiger partial charge is 0.348 e. The van der Waals surface area contributed by atoms with Gasteiger partial charge in [0.1, 0.15) is 6.33 Å². The lowest BCUT2D eigenvalue weighted by atomic mass is 9.99. The highest BCUT2D eigenvalue weighted by Gasteiger charge is 2.16. The van der Waals surface area contributed by atoms with Crippen LogP contribution in [0.1, 0.15) is 17.2 Å². The fourth-order valence-corrected chi connectivity index (χ4v) is 3.14. The number of rotatable bonds is 7. The molecule has 1 aromatic heterocycles. The van der Waals surface area contributed by atoms with Crippen molar-refractivity contribution < 1.29 is 4.79 Å². The quantitative estimate of drug-likeness (QED) is 0.621. The molecule has 0 aliphatic heterocycles. The predicted molar refractivity (Wildman–Crippen MR) is 99.6 cm³/mol. The zero-order chi connectivity index (χ0) is 17.5. The Bertz CT molecular complexity index is 794. The van der Waals surface area contributed by atoms with Gasteiger partial charge in [-0.15, -0.1) is 0 Å². The van der Waals surface area contributed by atoms with Crippen molar-refractivity contribution in [2.24, 2.45) is 0 Å². The number of nitrogens with zero attached hydrogens (tertiary/aromatic N) is 2. The minimum absolute atomic E-state index is 0.0517. The van der Waals surface area contributed by atoms with E-state index in [1.807, 2.05) is 54.6 Å². The number of carbonyl (C=O) groups excluding carboxylic acids is 1. The molecule has 1 atom stereocenters. The third-order valence-electron chi connectivity index (χ3n) is 3.62. The minimum atomic E-state index is -0.106. The molecule has 0 radical (unpaired) electrons. The van der Waals surface area contributed by atoms with Crippen LogP contribution in [0.4, 0.5) is 0 Å². The summed E-state index contributed by atoms with van der Waals surface area (Å²) in [6.45, 7) is 0. The van der Waals surface area contributed by atoms with Crippen molar-refractivity contribution >= 4 is 29.3 Å². The van der Waals surface area contributed by atoms with Crippen LogP contribution in [0, 0.1) is 0 Å². The van der Waals surface area contributed by atoms with E-state index in [0.717, 1.165) is 11.1 Å². The normalized spacial score (nSPS) is 11.9. The lowest BCUT2D eigenvalue weighted by Gasteiger charge is -2.19. The molecule has 2 N–H and O–H groups in total. The zero-order valence-corrected chi connectivity index (χ0v) is 14.9. The van der Waals surface area contributed by atoms with Crippen molar-refractivity contribution in [3.8, 4) is 0 Å². The van der Waals surface area contributed by atoms with Crippen molar-refractivity contribution in [2.75, 3.05) is 5.75 Å². The van der Waals surface area contributed by atoms with Gasteiger partial charge in [0.25, 0.3) is 0 Å². The first kappa shape index (κ1) is 17.5. The number of aromatic amines is 1. The summed E-state index contributed by atoms with van der Waals surface area (Å²) in [7, 11) is 0. The number of H-pyrrole nitrogens is 1. The van der Waals surface area contributed by atoms with E-state index in [-0.39, 0.29) is 17.7 Å². The summed E-state index contributed by atoms with van der Waals surface area (Å²) in [5.74, 6) is 0.225. The Morgan fingerprint density at radius 2 is 1.92 bits per heavy atom. The molecule has 1 heterocycles. The average Bonchev–Trinajstić information content (AvgIpc) is 3.16. The SMILES string of the molecule is O=C(CSc1ncn[nH]1)N[C@H](Cc1ccc(Cl)cc1)c1ccccc1. The van der Waals surface area contributed by atoms with E-state index in [1.165, 1.54) is 18.1 Å². The van der Waals surface area contributed by atoms with Crippen LogP contribution in [0.25, 0.3) is 0 Å². The van der Waals surface area contributed by atoms with Gasteiger partial charge >= 0.3 is 0 Å². The molecule has 0 aliphatic carbocycles. The van der Waals surface area contributed by atoms with Crippen LogP contribution in [0.15, 0.2) is 66.1 Å². The topological polar surface area (TPSA) is 70.7 Å². The Balaban J connectivity index is 1.67. The van der Waals surface area contributed by atoms with E-state index in [0.29, 0.717) is 16.6 Å².